The number of aromatic nitrogens is 3. The zero-order valence-corrected chi connectivity index (χ0v) is 8.32. The molecule has 0 saturated carbocycles. The van der Waals surface area contributed by atoms with E-state index in [2.05, 4.69) is 29.4 Å². The van der Waals surface area contributed by atoms with Crippen molar-refractivity contribution < 1.29 is 4.84 Å². The van der Waals surface area contributed by atoms with Gasteiger partial charge < -0.3 is 4.84 Å². The molecule has 0 aliphatic carbocycles. The topological polar surface area (TPSA) is 52.0 Å². The molecule has 0 saturated heterocycles. The normalized spacial score (nSPS) is 11.1. The first kappa shape index (κ1) is 10.1. The molecule has 5 heteroatoms. The van der Waals surface area contributed by atoms with Crippen LogP contribution in [0.5, 0.6) is 0 Å². The summed E-state index contributed by atoms with van der Waals surface area (Å²) in [7, 11) is 1.85. The number of nitrogens with zero attached hydrogens (tertiary/aromatic N) is 3. The van der Waals surface area contributed by atoms with Gasteiger partial charge in [-0.05, 0) is 5.92 Å². The Hall–Kier alpha value is -0.940. The van der Waals surface area contributed by atoms with Crippen molar-refractivity contribution in [1.82, 2.24) is 20.2 Å². The minimum absolute atomic E-state index is 0.534. The van der Waals surface area contributed by atoms with Crippen molar-refractivity contribution in [2.75, 3.05) is 6.61 Å². The summed E-state index contributed by atoms with van der Waals surface area (Å²) in [6.45, 7) is 5.50. The van der Waals surface area contributed by atoms with Gasteiger partial charge in [-0.3, -0.25) is 4.68 Å². The molecule has 1 rings (SSSR count). The second kappa shape index (κ2) is 4.94. The number of hydrogen-bond donors (Lipinski definition) is 1. The standard InChI is InChI=1S/C8H16N4O/c1-7(2)5-13-11-4-8-9-6-10-12(8)3/h6-7,11H,4-5H2,1-3H3. The highest BCUT2D eigenvalue weighted by Crippen LogP contribution is 1.92. The van der Waals surface area contributed by atoms with Gasteiger partial charge in [-0.2, -0.15) is 10.6 Å². The zero-order chi connectivity index (χ0) is 9.68. The summed E-state index contributed by atoms with van der Waals surface area (Å²) in [4.78, 5) is 9.23. The first-order valence-electron chi connectivity index (χ1n) is 4.37. The summed E-state index contributed by atoms with van der Waals surface area (Å²) in [5.74, 6) is 1.40. The lowest BCUT2D eigenvalue weighted by atomic mass is 10.2. The molecule has 1 heterocycles. The van der Waals surface area contributed by atoms with E-state index >= 15 is 0 Å². The summed E-state index contributed by atoms with van der Waals surface area (Å²) >= 11 is 0. The molecular weight excluding hydrogens is 168 g/mol. The number of hydrogen-bond acceptors (Lipinski definition) is 4. The molecule has 0 aliphatic rings. The van der Waals surface area contributed by atoms with E-state index in [1.807, 2.05) is 7.05 Å². The van der Waals surface area contributed by atoms with Crippen LogP contribution in [-0.2, 0) is 18.4 Å². The summed E-state index contributed by atoms with van der Waals surface area (Å²) in [6, 6.07) is 0. The van der Waals surface area contributed by atoms with Crippen LogP contribution in [0.25, 0.3) is 0 Å². The summed E-state index contributed by atoms with van der Waals surface area (Å²) in [5.41, 5.74) is 2.84. The molecule has 0 amide bonds. The van der Waals surface area contributed by atoms with E-state index in [1.54, 1.807) is 4.68 Å². The Morgan fingerprint density at radius 3 is 2.92 bits per heavy atom. The van der Waals surface area contributed by atoms with E-state index in [0.29, 0.717) is 19.1 Å². The Bertz CT molecular complexity index is 246. The maximum atomic E-state index is 5.19. The smallest absolute Gasteiger partial charge is 0.142 e. The van der Waals surface area contributed by atoms with Gasteiger partial charge in [0.15, 0.2) is 0 Å². The Morgan fingerprint density at radius 2 is 2.38 bits per heavy atom. The second-order valence-corrected chi connectivity index (χ2v) is 3.33. The lowest BCUT2D eigenvalue weighted by molar-refractivity contribution is 0.0179. The Labute approximate surface area is 78.1 Å². The molecule has 5 nitrogen and oxygen atoms in total. The molecule has 0 atom stereocenters. The highest BCUT2D eigenvalue weighted by molar-refractivity contribution is 4.80. The second-order valence-electron chi connectivity index (χ2n) is 3.33. The number of aryl methyl sites for hydroxylation is 1. The van der Waals surface area contributed by atoms with Crippen LogP contribution in [0.2, 0.25) is 0 Å². The lowest BCUT2D eigenvalue weighted by Gasteiger charge is -2.06. The molecule has 0 bridgehead atoms. The molecule has 1 aromatic heterocycles. The fraction of sp³-hybridized carbons (Fsp3) is 0.750. The minimum Gasteiger partial charge on any atom is -0.301 e. The molecule has 13 heavy (non-hydrogen) atoms. The van der Waals surface area contributed by atoms with E-state index in [4.69, 9.17) is 4.84 Å². The molecule has 74 valence electrons. The first-order chi connectivity index (χ1) is 6.20. The van der Waals surface area contributed by atoms with Crippen LogP contribution in [0, 0.1) is 5.92 Å². The van der Waals surface area contributed by atoms with Gasteiger partial charge in [0, 0.05) is 7.05 Å². The largest absolute Gasteiger partial charge is 0.301 e. The molecule has 0 spiro atoms. The van der Waals surface area contributed by atoms with Gasteiger partial charge in [0.2, 0.25) is 0 Å². The van der Waals surface area contributed by atoms with Crippen molar-refractivity contribution in [2.45, 2.75) is 20.4 Å². The molecular formula is C8H16N4O. The van der Waals surface area contributed by atoms with E-state index < -0.39 is 0 Å². The fourth-order valence-electron chi connectivity index (χ4n) is 0.821. The minimum atomic E-state index is 0.534. The monoisotopic (exact) mass is 184 g/mol. The van der Waals surface area contributed by atoms with Crippen molar-refractivity contribution in [3.8, 4) is 0 Å². The maximum absolute atomic E-state index is 5.19. The summed E-state index contributed by atoms with van der Waals surface area (Å²) < 4.78 is 1.71. The van der Waals surface area contributed by atoms with Gasteiger partial charge in [0.25, 0.3) is 0 Å². The Morgan fingerprint density at radius 1 is 1.62 bits per heavy atom. The van der Waals surface area contributed by atoms with Crippen LogP contribution in [0.1, 0.15) is 19.7 Å². The average molecular weight is 184 g/mol. The molecule has 0 aromatic carbocycles. The van der Waals surface area contributed by atoms with Crippen LogP contribution >= 0.6 is 0 Å². The van der Waals surface area contributed by atoms with Gasteiger partial charge in [-0.1, -0.05) is 13.8 Å². The van der Waals surface area contributed by atoms with Crippen LogP contribution in [0.15, 0.2) is 6.33 Å². The van der Waals surface area contributed by atoms with Crippen LogP contribution in [0.3, 0.4) is 0 Å². The van der Waals surface area contributed by atoms with Crippen LogP contribution in [-0.4, -0.2) is 21.4 Å². The van der Waals surface area contributed by atoms with Gasteiger partial charge in [-0.25, -0.2) is 4.98 Å². The van der Waals surface area contributed by atoms with Gasteiger partial charge in [0.05, 0.1) is 13.2 Å². The quantitative estimate of drug-likeness (QED) is 0.534. The van der Waals surface area contributed by atoms with E-state index in [-0.39, 0.29) is 0 Å². The highest BCUT2D eigenvalue weighted by atomic mass is 16.6. The van der Waals surface area contributed by atoms with Crippen LogP contribution < -0.4 is 5.48 Å². The number of hydroxylamine groups is 1. The third kappa shape index (κ3) is 3.52. The predicted molar refractivity (Wildman–Crippen MR) is 48.6 cm³/mol. The highest BCUT2D eigenvalue weighted by Gasteiger charge is 1.99. The van der Waals surface area contributed by atoms with Gasteiger partial charge in [-0.15, -0.1) is 0 Å². The molecule has 0 fully saturated rings. The molecule has 1 N–H and O–H groups in total. The SMILES string of the molecule is CC(C)CONCc1ncnn1C. The van der Waals surface area contributed by atoms with Gasteiger partial charge in [0.1, 0.15) is 12.2 Å². The average Bonchev–Trinajstić information content (AvgIpc) is 2.45. The fourth-order valence-corrected chi connectivity index (χ4v) is 0.821. The first-order valence-corrected chi connectivity index (χ1v) is 4.37. The van der Waals surface area contributed by atoms with Crippen molar-refractivity contribution in [2.24, 2.45) is 13.0 Å². The van der Waals surface area contributed by atoms with Gasteiger partial charge >= 0.3 is 0 Å². The van der Waals surface area contributed by atoms with Crippen molar-refractivity contribution in [3.05, 3.63) is 12.2 Å². The van der Waals surface area contributed by atoms with E-state index in [9.17, 15) is 0 Å². The third-order valence-corrected chi connectivity index (χ3v) is 1.55. The van der Waals surface area contributed by atoms with E-state index in [1.165, 1.54) is 6.33 Å². The predicted octanol–water partition coefficient (Wildman–Crippen LogP) is 0.492. The lowest BCUT2D eigenvalue weighted by Crippen LogP contribution is -2.19. The van der Waals surface area contributed by atoms with Crippen molar-refractivity contribution in [1.29, 1.82) is 0 Å². The zero-order valence-electron chi connectivity index (χ0n) is 8.32. The number of rotatable bonds is 5. The molecule has 0 aliphatic heterocycles. The summed E-state index contributed by atoms with van der Waals surface area (Å²) in [5, 5.41) is 3.94. The molecule has 1 aromatic rings. The van der Waals surface area contributed by atoms with Crippen LogP contribution in [0.4, 0.5) is 0 Å². The number of nitrogens with one attached hydrogen (secondary N) is 1. The molecule has 0 radical (unpaired) electrons. The Balaban J connectivity index is 2.17. The van der Waals surface area contributed by atoms with E-state index in [0.717, 1.165) is 5.82 Å². The Kier molecular flexibility index (Phi) is 3.85. The van der Waals surface area contributed by atoms with Crippen molar-refractivity contribution >= 4 is 0 Å². The van der Waals surface area contributed by atoms with Crippen molar-refractivity contribution in [3.63, 3.8) is 0 Å². The summed E-state index contributed by atoms with van der Waals surface area (Å²) in [6.07, 6.45) is 1.53. The molecule has 0 unspecified atom stereocenters. The third-order valence-electron chi connectivity index (χ3n) is 1.55. The maximum Gasteiger partial charge on any atom is 0.142 e.